The van der Waals surface area contributed by atoms with Crippen LogP contribution in [0.1, 0.15) is 37.4 Å². The molecule has 9 nitrogen and oxygen atoms in total. The van der Waals surface area contributed by atoms with Crippen LogP contribution in [0.15, 0.2) is 14.9 Å². The van der Waals surface area contributed by atoms with E-state index in [1.165, 1.54) is 0 Å². The number of aliphatic imine (C=N–C) groups is 1. The van der Waals surface area contributed by atoms with Crippen molar-refractivity contribution in [2.75, 3.05) is 32.6 Å². The van der Waals surface area contributed by atoms with Gasteiger partial charge in [-0.1, -0.05) is 5.16 Å². The molecule has 2 rings (SSSR count). The van der Waals surface area contributed by atoms with E-state index in [9.17, 15) is 0 Å². The molecular weight excluding hydrogens is 342 g/mol. The van der Waals surface area contributed by atoms with E-state index in [2.05, 4.69) is 30.8 Å². The van der Waals surface area contributed by atoms with Crippen LogP contribution in [0.3, 0.4) is 0 Å². The number of aromatic nitrogens is 3. The molecule has 0 spiro atoms. The lowest BCUT2D eigenvalue weighted by atomic mass is 10.4. The minimum Gasteiger partial charge on any atom is -0.371 e. The molecular formula is C15H25N7O2S. The monoisotopic (exact) mass is 367 g/mol. The number of thiazole rings is 1. The van der Waals surface area contributed by atoms with E-state index in [0.717, 1.165) is 10.8 Å². The third-order valence-electron chi connectivity index (χ3n) is 3.25. The number of guanidine groups is 1. The van der Waals surface area contributed by atoms with Crippen molar-refractivity contribution in [2.24, 2.45) is 4.99 Å². The van der Waals surface area contributed by atoms with E-state index < -0.39 is 0 Å². The fraction of sp³-hybridized carbons (Fsp3) is 0.600. The van der Waals surface area contributed by atoms with Crippen molar-refractivity contribution in [3.63, 3.8) is 0 Å². The Morgan fingerprint density at radius 2 is 2.12 bits per heavy atom. The van der Waals surface area contributed by atoms with Crippen molar-refractivity contribution in [2.45, 2.75) is 33.0 Å². The molecule has 2 heterocycles. The first-order valence-electron chi connectivity index (χ1n) is 8.03. The predicted octanol–water partition coefficient (Wildman–Crippen LogP) is 1.55. The largest absolute Gasteiger partial charge is 0.371 e. The fourth-order valence-corrected chi connectivity index (χ4v) is 2.72. The Bertz CT molecular complexity index is 683. The standard InChI is InChI=1S/C15H25N7O2S/c1-6-23-10(2)13-20-12(24-21-13)8-18-14(16-3)17-7-11-9-25-15(19-11)22(4)5/h9-10H,6-8H2,1-5H3,(H2,16,17,18). The van der Waals surface area contributed by atoms with Crippen molar-refractivity contribution in [1.29, 1.82) is 0 Å². The van der Waals surface area contributed by atoms with Gasteiger partial charge < -0.3 is 24.8 Å². The van der Waals surface area contributed by atoms with Gasteiger partial charge in [-0.25, -0.2) is 4.98 Å². The van der Waals surface area contributed by atoms with Crippen LogP contribution in [-0.4, -0.2) is 48.8 Å². The van der Waals surface area contributed by atoms with Gasteiger partial charge in [0.25, 0.3) is 0 Å². The summed E-state index contributed by atoms with van der Waals surface area (Å²) < 4.78 is 10.7. The Balaban J connectivity index is 1.82. The molecule has 0 aliphatic carbocycles. The van der Waals surface area contributed by atoms with Gasteiger partial charge in [0.15, 0.2) is 16.9 Å². The summed E-state index contributed by atoms with van der Waals surface area (Å²) in [6.45, 7) is 5.39. The molecule has 0 saturated carbocycles. The maximum absolute atomic E-state index is 5.44. The highest BCUT2D eigenvalue weighted by molar-refractivity contribution is 7.13. The quantitative estimate of drug-likeness (QED) is 0.535. The lowest BCUT2D eigenvalue weighted by Gasteiger charge is -2.09. The Morgan fingerprint density at radius 1 is 1.36 bits per heavy atom. The SMILES string of the molecule is CCOC(C)c1noc(CNC(=NC)NCc2csc(N(C)C)n2)n1. The zero-order chi connectivity index (χ0) is 18.2. The first-order valence-corrected chi connectivity index (χ1v) is 8.91. The number of ether oxygens (including phenoxy) is 1. The van der Waals surface area contributed by atoms with E-state index in [1.54, 1.807) is 18.4 Å². The smallest absolute Gasteiger partial charge is 0.246 e. The topological polar surface area (TPSA) is 101 Å². The van der Waals surface area contributed by atoms with Crippen molar-refractivity contribution in [3.8, 4) is 0 Å². The minimum absolute atomic E-state index is 0.185. The van der Waals surface area contributed by atoms with Crippen LogP contribution in [0.2, 0.25) is 0 Å². The van der Waals surface area contributed by atoms with Gasteiger partial charge in [-0.2, -0.15) is 4.98 Å². The summed E-state index contributed by atoms with van der Waals surface area (Å²) in [7, 11) is 5.65. The molecule has 138 valence electrons. The van der Waals surface area contributed by atoms with Gasteiger partial charge in [-0.15, -0.1) is 11.3 Å². The Hall–Kier alpha value is -2.20. The molecule has 0 aromatic carbocycles. The van der Waals surface area contributed by atoms with Crippen molar-refractivity contribution >= 4 is 22.4 Å². The molecule has 0 aliphatic heterocycles. The molecule has 25 heavy (non-hydrogen) atoms. The van der Waals surface area contributed by atoms with Crippen LogP contribution in [-0.2, 0) is 17.8 Å². The van der Waals surface area contributed by atoms with Crippen LogP contribution < -0.4 is 15.5 Å². The van der Waals surface area contributed by atoms with Gasteiger partial charge in [0.1, 0.15) is 6.10 Å². The number of anilines is 1. The first kappa shape index (κ1) is 19.1. The lowest BCUT2D eigenvalue weighted by molar-refractivity contribution is 0.0683. The number of hydrogen-bond acceptors (Lipinski definition) is 8. The van der Waals surface area contributed by atoms with Crippen LogP contribution >= 0.6 is 11.3 Å². The summed E-state index contributed by atoms with van der Waals surface area (Å²) in [6, 6.07) is 0. The molecule has 0 amide bonds. The molecule has 2 aromatic heterocycles. The van der Waals surface area contributed by atoms with E-state index in [1.807, 2.05) is 38.2 Å². The zero-order valence-corrected chi connectivity index (χ0v) is 16.1. The summed E-state index contributed by atoms with van der Waals surface area (Å²) in [5, 5.41) is 13.3. The maximum Gasteiger partial charge on any atom is 0.246 e. The zero-order valence-electron chi connectivity index (χ0n) is 15.2. The molecule has 2 N–H and O–H groups in total. The maximum atomic E-state index is 5.44. The number of nitrogens with zero attached hydrogens (tertiary/aromatic N) is 5. The van der Waals surface area contributed by atoms with E-state index in [4.69, 9.17) is 9.26 Å². The highest BCUT2D eigenvalue weighted by Crippen LogP contribution is 2.17. The summed E-state index contributed by atoms with van der Waals surface area (Å²) in [6.07, 6.45) is -0.185. The average Bonchev–Trinajstić information content (AvgIpc) is 3.24. The summed E-state index contributed by atoms with van der Waals surface area (Å²) in [5.41, 5.74) is 0.960. The summed E-state index contributed by atoms with van der Waals surface area (Å²) in [4.78, 5) is 15.0. The average molecular weight is 367 g/mol. The number of nitrogens with one attached hydrogen (secondary N) is 2. The van der Waals surface area contributed by atoms with E-state index >= 15 is 0 Å². The number of rotatable bonds is 8. The predicted molar refractivity (Wildman–Crippen MR) is 97.8 cm³/mol. The van der Waals surface area contributed by atoms with Crippen molar-refractivity contribution in [1.82, 2.24) is 25.8 Å². The fourth-order valence-electron chi connectivity index (χ4n) is 1.97. The third-order valence-corrected chi connectivity index (χ3v) is 4.31. The molecule has 10 heteroatoms. The van der Waals surface area contributed by atoms with Crippen molar-refractivity contribution < 1.29 is 9.26 Å². The van der Waals surface area contributed by atoms with Crippen LogP contribution in [0, 0.1) is 0 Å². The van der Waals surface area contributed by atoms with Gasteiger partial charge >= 0.3 is 0 Å². The van der Waals surface area contributed by atoms with Crippen LogP contribution in [0.4, 0.5) is 5.13 Å². The van der Waals surface area contributed by atoms with Gasteiger partial charge in [0, 0.05) is 33.1 Å². The molecule has 0 saturated heterocycles. The second-order valence-electron chi connectivity index (χ2n) is 5.44. The Labute approximate surface area is 151 Å². The molecule has 1 atom stereocenters. The van der Waals surface area contributed by atoms with Crippen LogP contribution in [0.25, 0.3) is 0 Å². The van der Waals surface area contributed by atoms with Gasteiger partial charge in [-0.05, 0) is 13.8 Å². The Morgan fingerprint density at radius 3 is 2.76 bits per heavy atom. The molecule has 2 aromatic rings. The minimum atomic E-state index is -0.185. The molecule has 1 unspecified atom stereocenters. The van der Waals surface area contributed by atoms with E-state index in [-0.39, 0.29) is 6.10 Å². The third kappa shape index (κ3) is 5.68. The molecule has 0 bridgehead atoms. The second-order valence-corrected chi connectivity index (χ2v) is 6.28. The molecule has 0 radical (unpaired) electrons. The van der Waals surface area contributed by atoms with Gasteiger partial charge in [-0.3, -0.25) is 4.99 Å². The lowest BCUT2D eigenvalue weighted by Crippen LogP contribution is -2.36. The van der Waals surface area contributed by atoms with Gasteiger partial charge in [0.05, 0.1) is 18.8 Å². The van der Waals surface area contributed by atoms with Crippen LogP contribution in [0.5, 0.6) is 0 Å². The first-order chi connectivity index (χ1) is 12.0. The highest BCUT2D eigenvalue weighted by Gasteiger charge is 2.14. The van der Waals surface area contributed by atoms with E-state index in [0.29, 0.717) is 37.4 Å². The normalized spacial score (nSPS) is 12.9. The Kier molecular flexibility index (Phi) is 7.14. The van der Waals surface area contributed by atoms with Crippen molar-refractivity contribution in [3.05, 3.63) is 22.8 Å². The van der Waals surface area contributed by atoms with Gasteiger partial charge in [0.2, 0.25) is 5.89 Å². The molecule has 0 fully saturated rings. The highest BCUT2D eigenvalue weighted by atomic mass is 32.1. The molecule has 0 aliphatic rings. The second kappa shape index (κ2) is 9.33. The number of hydrogen-bond donors (Lipinski definition) is 2. The summed E-state index contributed by atoms with van der Waals surface area (Å²) in [5.74, 6) is 1.66. The summed E-state index contributed by atoms with van der Waals surface area (Å²) >= 11 is 1.61.